The highest BCUT2D eigenvalue weighted by molar-refractivity contribution is 9.10. The summed E-state index contributed by atoms with van der Waals surface area (Å²) in [4.78, 5) is 12.4. The predicted octanol–water partition coefficient (Wildman–Crippen LogP) is 5.30. The van der Waals surface area contributed by atoms with Crippen molar-refractivity contribution in [1.82, 2.24) is 0 Å². The Labute approximate surface area is 187 Å². The van der Waals surface area contributed by atoms with E-state index in [9.17, 15) is 10.1 Å². The minimum absolute atomic E-state index is 0.0111. The monoisotopic (exact) mass is 476 g/mol. The van der Waals surface area contributed by atoms with Crippen molar-refractivity contribution in [1.29, 1.82) is 5.26 Å². The molecule has 0 saturated carbocycles. The molecule has 1 aliphatic heterocycles. The fraction of sp³-hybridized carbons (Fsp3) is 0.0833. The Balaban J connectivity index is 1.38. The molecular formula is C24H17BrN2O4. The Morgan fingerprint density at radius 1 is 1.06 bits per heavy atom. The van der Waals surface area contributed by atoms with E-state index in [-0.39, 0.29) is 12.4 Å². The number of nitriles is 1. The summed E-state index contributed by atoms with van der Waals surface area (Å²) in [5.41, 5.74) is 2.31. The molecule has 1 aliphatic rings. The van der Waals surface area contributed by atoms with Crippen LogP contribution in [0.3, 0.4) is 0 Å². The lowest BCUT2D eigenvalue weighted by atomic mass is 10.1. The summed E-state index contributed by atoms with van der Waals surface area (Å²) in [6.07, 6.45) is 1.54. The van der Waals surface area contributed by atoms with Gasteiger partial charge in [-0.05, 0) is 65.7 Å². The highest BCUT2D eigenvalue weighted by Crippen LogP contribution is 2.32. The van der Waals surface area contributed by atoms with Gasteiger partial charge in [0.25, 0.3) is 5.91 Å². The molecule has 6 nitrogen and oxygen atoms in total. The maximum Gasteiger partial charge on any atom is 0.266 e. The molecule has 0 aromatic heterocycles. The molecule has 0 bridgehead atoms. The number of anilines is 1. The van der Waals surface area contributed by atoms with Gasteiger partial charge in [-0.25, -0.2) is 0 Å². The predicted molar refractivity (Wildman–Crippen MR) is 120 cm³/mol. The van der Waals surface area contributed by atoms with Gasteiger partial charge >= 0.3 is 0 Å². The van der Waals surface area contributed by atoms with Gasteiger partial charge in [-0.3, -0.25) is 4.79 Å². The average molecular weight is 477 g/mol. The van der Waals surface area contributed by atoms with Crippen LogP contribution in [0.15, 0.2) is 76.8 Å². The van der Waals surface area contributed by atoms with Crippen LogP contribution < -0.4 is 19.5 Å². The number of nitrogens with one attached hydrogen (secondary N) is 1. The summed E-state index contributed by atoms with van der Waals surface area (Å²) in [7, 11) is 0. The van der Waals surface area contributed by atoms with Crippen LogP contribution >= 0.6 is 15.9 Å². The van der Waals surface area contributed by atoms with E-state index in [0.29, 0.717) is 23.8 Å². The Bertz CT molecular complexity index is 1170. The normalized spacial score (nSPS) is 12.2. The number of nitrogens with zero attached hydrogens (tertiary/aromatic N) is 1. The van der Waals surface area contributed by atoms with Crippen molar-refractivity contribution in [3.8, 4) is 23.3 Å². The number of carbonyl (C=O) groups excluding carboxylic acids is 1. The molecule has 3 aromatic carbocycles. The van der Waals surface area contributed by atoms with Crippen LogP contribution in [0.1, 0.15) is 11.1 Å². The second-order valence-electron chi connectivity index (χ2n) is 6.68. The second kappa shape index (κ2) is 9.37. The van der Waals surface area contributed by atoms with Crippen molar-refractivity contribution in [3.05, 3.63) is 87.9 Å². The third-order valence-corrected chi connectivity index (χ3v) is 5.03. The lowest BCUT2D eigenvalue weighted by Gasteiger charge is -2.08. The van der Waals surface area contributed by atoms with Crippen molar-refractivity contribution in [3.63, 3.8) is 0 Å². The van der Waals surface area contributed by atoms with Crippen molar-refractivity contribution >= 4 is 33.6 Å². The molecule has 3 aromatic rings. The third kappa shape index (κ3) is 5.24. The first-order valence-corrected chi connectivity index (χ1v) is 10.2. The van der Waals surface area contributed by atoms with Gasteiger partial charge in [0.05, 0.1) is 0 Å². The fourth-order valence-corrected chi connectivity index (χ4v) is 3.17. The molecular weight excluding hydrogens is 460 g/mol. The van der Waals surface area contributed by atoms with Gasteiger partial charge in [-0.15, -0.1) is 0 Å². The number of ether oxygens (including phenoxy) is 3. The number of hydrogen-bond donors (Lipinski definition) is 1. The first-order chi connectivity index (χ1) is 15.1. The van der Waals surface area contributed by atoms with Crippen molar-refractivity contribution in [2.45, 2.75) is 6.61 Å². The molecule has 1 N–H and O–H groups in total. The van der Waals surface area contributed by atoms with Crippen molar-refractivity contribution in [2.24, 2.45) is 0 Å². The third-order valence-electron chi connectivity index (χ3n) is 4.50. The molecule has 0 unspecified atom stereocenters. The van der Waals surface area contributed by atoms with E-state index in [0.717, 1.165) is 21.3 Å². The summed E-state index contributed by atoms with van der Waals surface area (Å²) in [6.45, 7) is 0.616. The summed E-state index contributed by atoms with van der Waals surface area (Å²) in [5, 5.41) is 12.1. The van der Waals surface area contributed by atoms with Crippen LogP contribution in [0.5, 0.6) is 17.2 Å². The first-order valence-electron chi connectivity index (χ1n) is 9.41. The quantitative estimate of drug-likeness (QED) is 0.385. The van der Waals surface area contributed by atoms with Gasteiger partial charge in [0.2, 0.25) is 6.79 Å². The zero-order valence-corrected chi connectivity index (χ0v) is 17.9. The van der Waals surface area contributed by atoms with Gasteiger partial charge in [-0.2, -0.15) is 5.26 Å². The zero-order valence-electron chi connectivity index (χ0n) is 16.3. The molecule has 0 aliphatic carbocycles. The van der Waals surface area contributed by atoms with Gasteiger partial charge in [0.15, 0.2) is 11.5 Å². The molecule has 31 heavy (non-hydrogen) atoms. The SMILES string of the molecule is N#C/C(=C/c1ccc(OCc2ccc3c(c2)OCO3)cc1)C(=O)Nc1ccc(Br)cc1. The van der Waals surface area contributed by atoms with Crippen LogP contribution in [0, 0.1) is 11.3 Å². The van der Waals surface area contributed by atoms with Crippen LogP contribution in [-0.4, -0.2) is 12.7 Å². The van der Waals surface area contributed by atoms with E-state index in [1.54, 1.807) is 36.4 Å². The van der Waals surface area contributed by atoms with Crippen molar-refractivity contribution < 1.29 is 19.0 Å². The molecule has 4 rings (SSSR count). The molecule has 154 valence electrons. The van der Waals surface area contributed by atoms with Crippen LogP contribution in [0.25, 0.3) is 6.08 Å². The topological polar surface area (TPSA) is 80.6 Å². The first kappa shape index (κ1) is 20.5. The number of fused-ring (bicyclic) bond motifs is 1. The molecule has 1 heterocycles. The smallest absolute Gasteiger partial charge is 0.266 e. The van der Waals surface area contributed by atoms with E-state index in [1.807, 2.05) is 36.4 Å². The number of benzene rings is 3. The van der Waals surface area contributed by atoms with E-state index < -0.39 is 5.91 Å². The van der Waals surface area contributed by atoms with Gasteiger partial charge in [0, 0.05) is 10.2 Å². The lowest BCUT2D eigenvalue weighted by molar-refractivity contribution is -0.112. The van der Waals surface area contributed by atoms with Crippen LogP contribution in [-0.2, 0) is 11.4 Å². The zero-order chi connectivity index (χ0) is 21.6. The Hall–Kier alpha value is -3.76. The van der Waals surface area contributed by atoms with Gasteiger partial charge in [0.1, 0.15) is 24.0 Å². The molecule has 7 heteroatoms. The van der Waals surface area contributed by atoms with Gasteiger partial charge in [-0.1, -0.05) is 34.1 Å². The largest absolute Gasteiger partial charge is 0.489 e. The standard InChI is InChI=1S/C24H17BrN2O4/c25-19-4-6-20(7-5-19)27-24(28)18(13-26)11-16-1-8-21(9-2-16)29-14-17-3-10-22-23(12-17)31-15-30-22/h1-12H,14-15H2,(H,27,28)/b18-11-. The highest BCUT2D eigenvalue weighted by Gasteiger charge is 2.13. The average Bonchev–Trinajstić information content (AvgIpc) is 3.26. The molecule has 0 radical (unpaired) electrons. The highest BCUT2D eigenvalue weighted by atomic mass is 79.9. The Kier molecular flexibility index (Phi) is 6.20. The van der Waals surface area contributed by atoms with E-state index in [4.69, 9.17) is 14.2 Å². The second-order valence-corrected chi connectivity index (χ2v) is 7.59. The van der Waals surface area contributed by atoms with Crippen molar-refractivity contribution in [2.75, 3.05) is 12.1 Å². The van der Waals surface area contributed by atoms with E-state index >= 15 is 0 Å². The Morgan fingerprint density at radius 2 is 1.81 bits per heavy atom. The number of rotatable bonds is 6. The number of amides is 1. The maximum atomic E-state index is 12.4. The van der Waals surface area contributed by atoms with Crippen LogP contribution in [0.4, 0.5) is 5.69 Å². The van der Waals surface area contributed by atoms with Gasteiger partial charge < -0.3 is 19.5 Å². The molecule has 1 amide bonds. The summed E-state index contributed by atoms with van der Waals surface area (Å²) < 4.78 is 17.4. The minimum Gasteiger partial charge on any atom is -0.489 e. The molecule has 0 atom stereocenters. The number of hydrogen-bond acceptors (Lipinski definition) is 5. The number of carbonyl (C=O) groups is 1. The number of halogens is 1. The fourth-order valence-electron chi connectivity index (χ4n) is 2.90. The van der Waals surface area contributed by atoms with Crippen LogP contribution in [0.2, 0.25) is 0 Å². The molecule has 0 saturated heterocycles. The maximum absolute atomic E-state index is 12.4. The summed E-state index contributed by atoms with van der Waals surface area (Å²) >= 11 is 3.34. The molecule has 0 fully saturated rings. The lowest BCUT2D eigenvalue weighted by Crippen LogP contribution is -2.13. The summed E-state index contributed by atoms with van der Waals surface area (Å²) in [6, 6.07) is 21.9. The Morgan fingerprint density at radius 3 is 2.55 bits per heavy atom. The van der Waals surface area contributed by atoms with E-state index in [2.05, 4.69) is 21.2 Å². The molecule has 0 spiro atoms. The minimum atomic E-state index is -0.465. The van der Waals surface area contributed by atoms with E-state index in [1.165, 1.54) is 6.08 Å². The summed E-state index contributed by atoms with van der Waals surface area (Å²) in [5.74, 6) is 1.66.